The summed E-state index contributed by atoms with van der Waals surface area (Å²) in [4.78, 5) is 3.54. The third kappa shape index (κ3) is 165. The first kappa shape index (κ1) is 22.4. The van der Waals surface area contributed by atoms with Crippen LogP contribution < -0.4 is 0 Å². The molecule has 0 saturated heterocycles. The van der Waals surface area contributed by atoms with E-state index in [2.05, 4.69) is 28.6 Å². The van der Waals surface area contributed by atoms with E-state index in [9.17, 15) is 0 Å². The molecule has 0 amide bonds. The first-order valence-electron chi connectivity index (χ1n) is 1.70. The summed E-state index contributed by atoms with van der Waals surface area (Å²) in [5.74, 6) is 0. The summed E-state index contributed by atoms with van der Waals surface area (Å²) < 4.78 is 21.1. The van der Waals surface area contributed by atoms with Crippen LogP contribution in [-0.4, -0.2) is 21.2 Å². The maximum absolute atomic E-state index is 8.19. The fourth-order valence-electron chi connectivity index (χ4n) is 0. The van der Waals surface area contributed by atoms with Gasteiger partial charge in [-0.05, 0) is 6.92 Å². The summed E-state index contributed by atoms with van der Waals surface area (Å²) in [6, 6.07) is 0. The Hall–Kier alpha value is 0.804. The minimum absolute atomic E-state index is 0.375. The van der Waals surface area contributed by atoms with Crippen LogP contribution in [0.5, 0.6) is 0 Å². The third-order valence-corrected chi connectivity index (χ3v) is 0.129. The van der Waals surface area contributed by atoms with E-state index in [0.29, 0.717) is 6.61 Å². The molecular formula is C2H8Cl2O5V. The molecule has 5 nitrogen and oxygen atoms in total. The first-order chi connectivity index (χ1) is 4.91. The Kier molecular flexibility index (Phi) is 217. The molecule has 0 aromatic carbocycles. The second kappa shape index (κ2) is 96.6. The van der Waals surface area contributed by atoms with Gasteiger partial charge >= 0.3 is 21.0 Å². The van der Waals surface area contributed by atoms with Crippen LogP contribution in [0.2, 0.25) is 0 Å². The molecule has 0 heterocycles. The van der Waals surface area contributed by atoms with E-state index in [1.807, 2.05) is 0 Å². The molecule has 0 fully saturated rings. The number of hydrogen-bond acceptors (Lipinski definition) is 5. The predicted octanol–water partition coefficient (Wildman–Crippen LogP) is 0.640. The molecule has 65 valence electrons. The molecule has 0 rings (SSSR count). The van der Waals surface area contributed by atoms with Crippen molar-refractivity contribution >= 4 is 23.7 Å². The van der Waals surface area contributed by atoms with Crippen molar-refractivity contribution in [3.63, 3.8) is 0 Å². The Morgan fingerprint density at radius 1 is 1.30 bits per heavy atom. The zero-order valence-electron chi connectivity index (χ0n) is 5.07. The molecule has 0 aliphatic heterocycles. The van der Waals surface area contributed by atoms with Crippen LogP contribution >= 0.6 is 23.7 Å². The van der Waals surface area contributed by atoms with Crippen molar-refractivity contribution in [2.24, 2.45) is 0 Å². The van der Waals surface area contributed by atoms with E-state index >= 15 is 0 Å². The molecule has 0 radical (unpaired) electrons. The standard InChI is InChI=1S/C2H6O2.2ClHO.O.V/c1-2-4-3;2*1-2;;/h3H,2H2,1H3;2*2H;;. The molecule has 0 aromatic rings. The minimum atomic E-state index is 0.375. The van der Waals surface area contributed by atoms with Crippen LogP contribution in [0.15, 0.2) is 0 Å². The second-order valence-electron chi connectivity index (χ2n) is 0.418. The van der Waals surface area contributed by atoms with E-state index < -0.39 is 0 Å². The van der Waals surface area contributed by atoms with Gasteiger partial charge in [-0.1, -0.05) is 0 Å². The Balaban J connectivity index is -0.0000000262. The van der Waals surface area contributed by atoms with Crippen molar-refractivity contribution in [2.45, 2.75) is 6.92 Å². The molecule has 0 aliphatic rings. The molecule has 0 atom stereocenters. The zero-order chi connectivity index (χ0) is 9.41. The van der Waals surface area contributed by atoms with Gasteiger partial charge in [0.15, 0.2) is 0 Å². The van der Waals surface area contributed by atoms with Crippen LogP contribution in [0.1, 0.15) is 6.92 Å². The first-order valence-corrected chi connectivity index (χ1v) is 2.95. The fourth-order valence-corrected chi connectivity index (χ4v) is 0. The maximum atomic E-state index is 8.19. The normalized spacial score (nSPS) is 4.50. The quantitative estimate of drug-likeness (QED) is 0.457. The molecule has 0 spiro atoms. The van der Waals surface area contributed by atoms with E-state index in [4.69, 9.17) is 18.2 Å². The molecule has 0 saturated carbocycles. The zero-order valence-corrected chi connectivity index (χ0v) is 7.98. The van der Waals surface area contributed by atoms with Crippen LogP contribution in [-0.2, 0) is 25.9 Å². The number of rotatable bonds is 1. The van der Waals surface area contributed by atoms with Gasteiger partial charge in [0.25, 0.3) is 0 Å². The molecule has 0 aliphatic carbocycles. The van der Waals surface area contributed by atoms with Crippen molar-refractivity contribution in [1.29, 1.82) is 0 Å². The average molecular weight is 234 g/mol. The van der Waals surface area contributed by atoms with Crippen LogP contribution in [0.3, 0.4) is 0 Å². The Morgan fingerprint density at radius 3 is 1.40 bits per heavy atom. The van der Waals surface area contributed by atoms with Gasteiger partial charge in [-0.15, -0.1) is 0 Å². The van der Waals surface area contributed by atoms with Gasteiger partial charge in [-0.2, -0.15) is 0 Å². The van der Waals surface area contributed by atoms with Crippen molar-refractivity contribution in [2.75, 3.05) is 6.61 Å². The summed E-state index contributed by atoms with van der Waals surface area (Å²) in [7, 11) is 0. The van der Waals surface area contributed by atoms with E-state index in [1.165, 1.54) is 0 Å². The topological polar surface area (TPSA) is 87.0 Å². The summed E-state index contributed by atoms with van der Waals surface area (Å²) in [6.45, 7) is 2.08. The van der Waals surface area contributed by atoms with E-state index in [1.54, 1.807) is 6.92 Å². The number of hydrogen-bond donors (Lipinski definition) is 3. The Bertz CT molecular complexity index is 25.1. The number of halogens is 2. The van der Waals surface area contributed by atoms with Crippen LogP contribution in [0.25, 0.3) is 0 Å². The van der Waals surface area contributed by atoms with Gasteiger partial charge in [0.1, 0.15) is 0 Å². The van der Waals surface area contributed by atoms with E-state index in [0.717, 1.165) is 17.4 Å². The van der Waals surface area contributed by atoms with Gasteiger partial charge in [-0.3, -0.25) is 14.6 Å². The molecular weight excluding hydrogens is 226 g/mol. The summed E-state index contributed by atoms with van der Waals surface area (Å²) in [5.41, 5.74) is 0. The fraction of sp³-hybridized carbons (Fsp3) is 1.00. The van der Waals surface area contributed by atoms with Crippen molar-refractivity contribution in [3.05, 3.63) is 0 Å². The molecule has 10 heavy (non-hydrogen) atoms. The Labute approximate surface area is 78.0 Å². The van der Waals surface area contributed by atoms with Gasteiger partial charge in [0.05, 0.1) is 30.3 Å². The monoisotopic (exact) mass is 233 g/mol. The van der Waals surface area contributed by atoms with Crippen LogP contribution in [0.4, 0.5) is 0 Å². The van der Waals surface area contributed by atoms with Gasteiger partial charge in [0.2, 0.25) is 0 Å². The second-order valence-corrected chi connectivity index (χ2v) is 0.418. The van der Waals surface area contributed by atoms with Crippen molar-refractivity contribution in [3.8, 4) is 0 Å². The molecule has 0 unspecified atom stereocenters. The Morgan fingerprint density at radius 2 is 1.40 bits per heavy atom. The van der Waals surface area contributed by atoms with E-state index in [-0.39, 0.29) is 0 Å². The predicted molar refractivity (Wildman–Crippen MR) is 31.1 cm³/mol. The van der Waals surface area contributed by atoms with Crippen molar-refractivity contribution in [1.82, 2.24) is 0 Å². The summed E-state index contributed by atoms with van der Waals surface area (Å²) in [6.07, 6.45) is 0. The van der Waals surface area contributed by atoms with Crippen molar-refractivity contribution < 1.29 is 40.5 Å². The average Bonchev–Trinajstić information content (AvgIpc) is 2.14. The summed E-state index contributed by atoms with van der Waals surface area (Å²) in [5, 5.41) is 7.38. The SMILES string of the molecule is CCOO.OCl.OCl.[O]=[V]. The molecule has 0 bridgehead atoms. The molecule has 8 heteroatoms. The molecule has 0 aromatic heterocycles. The van der Waals surface area contributed by atoms with Gasteiger partial charge in [-0.25, -0.2) is 4.89 Å². The van der Waals surface area contributed by atoms with Gasteiger partial charge < -0.3 is 0 Å². The van der Waals surface area contributed by atoms with Gasteiger partial charge in [0, 0.05) is 0 Å². The van der Waals surface area contributed by atoms with Crippen LogP contribution in [0, 0.1) is 0 Å². The molecule has 3 N–H and O–H groups in total. The third-order valence-electron chi connectivity index (χ3n) is 0.129. The summed E-state index contributed by atoms with van der Waals surface area (Å²) >= 11 is 8.34.